The van der Waals surface area contributed by atoms with E-state index in [0.717, 1.165) is 35.9 Å². The summed E-state index contributed by atoms with van der Waals surface area (Å²) < 4.78 is 18.5. The lowest BCUT2D eigenvalue weighted by Gasteiger charge is -2.30. The summed E-state index contributed by atoms with van der Waals surface area (Å²) in [6, 6.07) is 13.8. The Bertz CT molecular complexity index is 1050. The Hall–Kier alpha value is -2.42. The van der Waals surface area contributed by atoms with E-state index in [1.807, 2.05) is 24.3 Å². The zero-order valence-corrected chi connectivity index (χ0v) is 19.7. The quantitative estimate of drug-likeness (QED) is 0.437. The van der Waals surface area contributed by atoms with Gasteiger partial charge in [-0.15, -0.1) is 0 Å². The molecule has 0 saturated carbocycles. The van der Waals surface area contributed by atoms with Gasteiger partial charge in [0.05, 0.1) is 12.5 Å². The van der Waals surface area contributed by atoms with Crippen LogP contribution >= 0.6 is 23.4 Å². The molecule has 0 spiro atoms. The number of aromatic nitrogens is 2. The Balaban J connectivity index is 1.19. The zero-order chi connectivity index (χ0) is 23.0. The van der Waals surface area contributed by atoms with Gasteiger partial charge >= 0.3 is 0 Å². The van der Waals surface area contributed by atoms with Crippen LogP contribution in [0.3, 0.4) is 0 Å². The van der Waals surface area contributed by atoms with Gasteiger partial charge in [0.25, 0.3) is 0 Å². The smallest absolute Gasteiger partial charge is 0.241 e. The maximum atomic E-state index is 13.1. The third kappa shape index (κ3) is 7.03. The van der Waals surface area contributed by atoms with Crippen LogP contribution in [-0.4, -0.2) is 46.3 Å². The van der Waals surface area contributed by atoms with E-state index in [4.69, 9.17) is 16.1 Å². The van der Waals surface area contributed by atoms with Crippen molar-refractivity contribution in [2.24, 2.45) is 5.92 Å². The first-order valence-electron chi connectivity index (χ1n) is 11.0. The van der Waals surface area contributed by atoms with Gasteiger partial charge in [0.1, 0.15) is 5.82 Å². The summed E-state index contributed by atoms with van der Waals surface area (Å²) in [5.41, 5.74) is 1.93. The number of benzene rings is 2. The fourth-order valence-electron chi connectivity index (χ4n) is 3.80. The Labute approximate surface area is 201 Å². The van der Waals surface area contributed by atoms with Crippen molar-refractivity contribution in [3.63, 3.8) is 0 Å². The lowest BCUT2D eigenvalue weighted by atomic mass is 9.97. The number of rotatable bonds is 9. The molecule has 1 N–H and O–H groups in total. The minimum absolute atomic E-state index is 0.0421. The van der Waals surface area contributed by atoms with Crippen molar-refractivity contribution in [3.05, 3.63) is 70.8 Å². The van der Waals surface area contributed by atoms with Gasteiger partial charge in [0.2, 0.25) is 17.6 Å². The van der Waals surface area contributed by atoms with Crippen LogP contribution in [0.5, 0.6) is 0 Å². The monoisotopic (exact) mass is 488 g/mol. The second kappa shape index (κ2) is 11.6. The molecule has 1 atom stereocenters. The predicted molar refractivity (Wildman–Crippen MR) is 128 cm³/mol. The summed E-state index contributed by atoms with van der Waals surface area (Å²) in [7, 11) is 0. The van der Waals surface area contributed by atoms with Crippen molar-refractivity contribution in [2.75, 3.05) is 25.4 Å². The Morgan fingerprint density at radius 3 is 2.79 bits per heavy atom. The molecule has 3 aromatic rings. The summed E-state index contributed by atoms with van der Waals surface area (Å²) in [4.78, 5) is 19.2. The van der Waals surface area contributed by atoms with Gasteiger partial charge in [-0.05, 0) is 61.3 Å². The van der Waals surface area contributed by atoms with E-state index in [2.05, 4.69) is 20.4 Å². The minimum atomic E-state index is -0.305. The topological polar surface area (TPSA) is 71.3 Å². The van der Waals surface area contributed by atoms with Crippen molar-refractivity contribution in [1.29, 1.82) is 0 Å². The largest absolute Gasteiger partial charge is 0.355 e. The van der Waals surface area contributed by atoms with E-state index in [9.17, 15) is 9.18 Å². The first-order chi connectivity index (χ1) is 16.1. The summed E-state index contributed by atoms with van der Waals surface area (Å²) in [5.74, 6) is 2.44. The van der Waals surface area contributed by atoms with E-state index >= 15 is 0 Å². The molecule has 6 nitrogen and oxygen atoms in total. The number of thioether (sulfide) groups is 1. The fraction of sp³-hybridized carbons (Fsp3) is 0.375. The van der Waals surface area contributed by atoms with Gasteiger partial charge in [-0.3, -0.25) is 9.69 Å². The molecule has 1 aliphatic heterocycles. The molecule has 2 heterocycles. The highest BCUT2D eigenvalue weighted by atomic mass is 35.5. The molecule has 33 heavy (non-hydrogen) atoms. The van der Waals surface area contributed by atoms with Crippen molar-refractivity contribution in [3.8, 4) is 11.4 Å². The van der Waals surface area contributed by atoms with Gasteiger partial charge in [0.15, 0.2) is 0 Å². The standard InChI is InChI=1S/C24H26ClFN4O2S/c25-20-7-3-17(4-8-20)16-33-13-11-27-24(31)19-2-1-12-30(14-19)15-22-28-23(29-32-22)18-5-9-21(26)10-6-18/h3-10,19H,1-2,11-16H2,(H,27,31). The number of halogens is 2. The van der Waals surface area contributed by atoms with Crippen LogP contribution in [0.15, 0.2) is 53.1 Å². The number of hydrogen-bond donors (Lipinski definition) is 1. The molecule has 0 radical (unpaired) electrons. The van der Waals surface area contributed by atoms with Crippen molar-refractivity contribution >= 4 is 29.3 Å². The van der Waals surface area contributed by atoms with Crippen LogP contribution in [0.4, 0.5) is 4.39 Å². The van der Waals surface area contributed by atoms with Crippen LogP contribution in [0.1, 0.15) is 24.3 Å². The average Bonchev–Trinajstić information content (AvgIpc) is 3.29. The third-order valence-corrected chi connectivity index (χ3v) is 6.82. The first kappa shape index (κ1) is 23.7. The molecule has 1 aromatic heterocycles. The Morgan fingerprint density at radius 1 is 1.21 bits per heavy atom. The van der Waals surface area contributed by atoms with Gasteiger partial charge in [-0.25, -0.2) is 4.39 Å². The Kier molecular flexibility index (Phi) is 8.36. The van der Waals surface area contributed by atoms with E-state index < -0.39 is 0 Å². The summed E-state index contributed by atoms with van der Waals surface area (Å²) in [5, 5.41) is 7.81. The molecular weight excluding hydrogens is 463 g/mol. The molecule has 1 saturated heterocycles. The number of nitrogens with zero attached hydrogens (tertiary/aromatic N) is 3. The number of likely N-dealkylation sites (tertiary alicyclic amines) is 1. The third-order valence-electron chi connectivity index (χ3n) is 5.53. The highest BCUT2D eigenvalue weighted by Gasteiger charge is 2.26. The minimum Gasteiger partial charge on any atom is -0.355 e. The lowest BCUT2D eigenvalue weighted by Crippen LogP contribution is -2.43. The number of hydrogen-bond acceptors (Lipinski definition) is 6. The van der Waals surface area contributed by atoms with Crippen molar-refractivity contribution < 1.29 is 13.7 Å². The first-order valence-corrected chi connectivity index (χ1v) is 12.5. The van der Waals surface area contributed by atoms with E-state index in [1.54, 1.807) is 23.9 Å². The molecule has 1 aliphatic rings. The van der Waals surface area contributed by atoms with Crippen LogP contribution in [0.25, 0.3) is 11.4 Å². The molecule has 0 bridgehead atoms. The van der Waals surface area contributed by atoms with Gasteiger partial charge in [0, 0.05) is 35.2 Å². The zero-order valence-electron chi connectivity index (χ0n) is 18.2. The maximum absolute atomic E-state index is 13.1. The highest BCUT2D eigenvalue weighted by Crippen LogP contribution is 2.21. The summed E-state index contributed by atoms with van der Waals surface area (Å²) in [6.45, 7) is 2.69. The van der Waals surface area contributed by atoms with Gasteiger partial charge < -0.3 is 9.84 Å². The maximum Gasteiger partial charge on any atom is 0.241 e. The number of piperidine rings is 1. The second-order valence-electron chi connectivity index (χ2n) is 8.06. The normalized spacial score (nSPS) is 16.6. The highest BCUT2D eigenvalue weighted by molar-refractivity contribution is 7.98. The van der Waals surface area contributed by atoms with Crippen LogP contribution in [0, 0.1) is 11.7 Å². The molecule has 174 valence electrons. The Morgan fingerprint density at radius 2 is 2.00 bits per heavy atom. The number of amides is 1. The molecule has 1 fully saturated rings. The van der Waals surface area contributed by atoms with Gasteiger partial charge in [-0.2, -0.15) is 16.7 Å². The van der Waals surface area contributed by atoms with Crippen LogP contribution < -0.4 is 5.32 Å². The second-order valence-corrected chi connectivity index (χ2v) is 9.60. The fourth-order valence-corrected chi connectivity index (χ4v) is 4.75. The van der Waals surface area contributed by atoms with E-state index in [0.29, 0.717) is 36.9 Å². The van der Waals surface area contributed by atoms with Crippen molar-refractivity contribution in [1.82, 2.24) is 20.4 Å². The van der Waals surface area contributed by atoms with Crippen LogP contribution in [0.2, 0.25) is 5.02 Å². The van der Waals surface area contributed by atoms with Gasteiger partial charge in [-0.1, -0.05) is 28.9 Å². The number of nitrogens with one attached hydrogen (secondary N) is 1. The van der Waals surface area contributed by atoms with E-state index in [1.165, 1.54) is 17.7 Å². The number of carbonyl (C=O) groups is 1. The van der Waals surface area contributed by atoms with Crippen LogP contribution in [-0.2, 0) is 17.1 Å². The lowest BCUT2D eigenvalue weighted by molar-refractivity contribution is -0.126. The number of carbonyl (C=O) groups excluding carboxylic acids is 1. The molecule has 2 aromatic carbocycles. The van der Waals surface area contributed by atoms with Crippen molar-refractivity contribution in [2.45, 2.75) is 25.1 Å². The average molecular weight is 489 g/mol. The molecular formula is C24H26ClFN4O2S. The molecule has 1 amide bonds. The SMILES string of the molecule is O=C(NCCSCc1ccc(Cl)cc1)C1CCCN(Cc2nc(-c3ccc(F)cc3)no2)C1. The summed E-state index contributed by atoms with van der Waals surface area (Å²) >= 11 is 7.70. The molecule has 0 aliphatic carbocycles. The molecule has 4 rings (SSSR count). The predicted octanol–water partition coefficient (Wildman–Crippen LogP) is 4.79. The van der Waals surface area contributed by atoms with E-state index in [-0.39, 0.29) is 17.6 Å². The molecule has 9 heteroatoms. The molecule has 1 unspecified atom stereocenters. The summed E-state index contributed by atoms with van der Waals surface area (Å²) in [6.07, 6.45) is 1.83.